The molecule has 1 aromatic carbocycles. The van der Waals surface area contributed by atoms with E-state index in [4.69, 9.17) is 9.15 Å². The minimum absolute atomic E-state index is 0.193. The maximum Gasteiger partial charge on any atom is 0.208 e. The van der Waals surface area contributed by atoms with E-state index < -0.39 is 0 Å². The Morgan fingerprint density at radius 3 is 2.84 bits per heavy atom. The van der Waals surface area contributed by atoms with Crippen molar-refractivity contribution in [1.82, 2.24) is 10.3 Å². The van der Waals surface area contributed by atoms with Crippen LogP contribution in [0.15, 0.2) is 34.9 Å². The Kier molecular flexibility index (Phi) is 4.58. The van der Waals surface area contributed by atoms with Crippen LogP contribution in [0.25, 0.3) is 0 Å². The molecule has 0 spiro atoms. The number of benzene rings is 1. The van der Waals surface area contributed by atoms with E-state index in [0.717, 1.165) is 18.1 Å². The second-order valence-electron chi connectivity index (χ2n) is 4.78. The van der Waals surface area contributed by atoms with Crippen LogP contribution in [0, 0.1) is 6.92 Å². The van der Waals surface area contributed by atoms with Gasteiger partial charge in [-0.05, 0) is 38.5 Å². The summed E-state index contributed by atoms with van der Waals surface area (Å²) in [4.78, 5) is 4.15. The zero-order valence-electron chi connectivity index (χ0n) is 11.6. The van der Waals surface area contributed by atoms with Gasteiger partial charge in [-0.2, -0.15) is 0 Å². The van der Waals surface area contributed by atoms with E-state index in [1.165, 1.54) is 5.56 Å². The molecule has 0 aliphatic rings. The molecule has 0 aliphatic heterocycles. The van der Waals surface area contributed by atoms with Crippen LogP contribution in [0.3, 0.4) is 0 Å². The Hall–Kier alpha value is -1.81. The third-order valence-electron chi connectivity index (χ3n) is 2.54. The van der Waals surface area contributed by atoms with Gasteiger partial charge in [0.1, 0.15) is 11.5 Å². The topological polar surface area (TPSA) is 47.3 Å². The number of hydrogen-bond donors (Lipinski definition) is 1. The quantitative estimate of drug-likeness (QED) is 0.867. The first-order valence-electron chi connectivity index (χ1n) is 6.51. The molecule has 4 heteroatoms. The van der Waals surface area contributed by atoms with Gasteiger partial charge in [-0.25, -0.2) is 4.98 Å². The lowest BCUT2D eigenvalue weighted by atomic mass is 10.2. The Morgan fingerprint density at radius 1 is 1.32 bits per heavy atom. The zero-order chi connectivity index (χ0) is 13.7. The van der Waals surface area contributed by atoms with Crippen molar-refractivity contribution in [3.8, 4) is 5.75 Å². The number of nitrogens with one attached hydrogen (secondary N) is 1. The highest BCUT2D eigenvalue weighted by molar-refractivity contribution is 5.28. The molecule has 1 N–H and O–H groups in total. The van der Waals surface area contributed by atoms with Gasteiger partial charge in [0.2, 0.25) is 5.89 Å². The third kappa shape index (κ3) is 4.41. The number of hydrogen-bond acceptors (Lipinski definition) is 4. The van der Waals surface area contributed by atoms with E-state index in [0.29, 0.717) is 12.4 Å². The largest absolute Gasteiger partial charge is 0.491 e. The number of aryl methyl sites for hydroxylation is 1. The molecular weight excluding hydrogens is 240 g/mol. The van der Waals surface area contributed by atoms with Gasteiger partial charge in [0, 0.05) is 6.54 Å². The molecule has 0 fully saturated rings. The van der Waals surface area contributed by atoms with Crippen molar-refractivity contribution < 1.29 is 9.15 Å². The van der Waals surface area contributed by atoms with Gasteiger partial charge >= 0.3 is 0 Å². The minimum atomic E-state index is 0.193. The van der Waals surface area contributed by atoms with Crippen molar-refractivity contribution in [2.24, 2.45) is 0 Å². The summed E-state index contributed by atoms with van der Waals surface area (Å²) in [6, 6.07) is 8.10. The van der Waals surface area contributed by atoms with Crippen LogP contribution >= 0.6 is 0 Å². The number of aromatic nitrogens is 1. The molecule has 0 amide bonds. The van der Waals surface area contributed by atoms with Crippen LogP contribution < -0.4 is 10.1 Å². The molecule has 2 rings (SSSR count). The van der Waals surface area contributed by atoms with Gasteiger partial charge in [-0.15, -0.1) is 0 Å². The monoisotopic (exact) mass is 260 g/mol. The second-order valence-corrected chi connectivity index (χ2v) is 4.78. The van der Waals surface area contributed by atoms with E-state index in [1.54, 1.807) is 6.20 Å². The summed E-state index contributed by atoms with van der Waals surface area (Å²) in [5.74, 6) is 2.46. The van der Waals surface area contributed by atoms with E-state index in [9.17, 15) is 0 Å². The van der Waals surface area contributed by atoms with Gasteiger partial charge in [0.05, 0.1) is 18.8 Å². The Bertz CT molecular complexity index is 520. The third-order valence-corrected chi connectivity index (χ3v) is 2.54. The van der Waals surface area contributed by atoms with Gasteiger partial charge in [-0.1, -0.05) is 12.1 Å². The van der Waals surface area contributed by atoms with Crippen molar-refractivity contribution in [1.29, 1.82) is 0 Å². The molecule has 0 saturated carbocycles. The molecule has 0 unspecified atom stereocenters. The van der Waals surface area contributed by atoms with Gasteiger partial charge in [0.15, 0.2) is 0 Å². The van der Waals surface area contributed by atoms with Gasteiger partial charge in [-0.3, -0.25) is 0 Å². The predicted molar refractivity (Wildman–Crippen MR) is 74.0 cm³/mol. The van der Waals surface area contributed by atoms with Crippen LogP contribution in [0.4, 0.5) is 0 Å². The van der Waals surface area contributed by atoms with Crippen molar-refractivity contribution in [2.45, 2.75) is 40.0 Å². The standard InChI is InChI=1S/C15H20N2O2/c1-11(2)18-14-6-4-5-13(7-14)9-16-10-15-17-8-12(3)19-15/h4-8,11,16H,9-10H2,1-3H3. The Labute approximate surface area is 113 Å². The summed E-state index contributed by atoms with van der Waals surface area (Å²) in [6.07, 6.45) is 1.92. The molecule has 0 bridgehead atoms. The van der Waals surface area contributed by atoms with Crippen LogP contribution in [0.5, 0.6) is 5.75 Å². The van der Waals surface area contributed by atoms with Crippen molar-refractivity contribution in [3.05, 3.63) is 47.7 Å². The summed E-state index contributed by atoms with van der Waals surface area (Å²) < 4.78 is 11.1. The number of nitrogens with zero attached hydrogens (tertiary/aromatic N) is 1. The first-order valence-corrected chi connectivity index (χ1v) is 6.51. The predicted octanol–water partition coefficient (Wildman–Crippen LogP) is 3.06. The first kappa shape index (κ1) is 13.6. The van der Waals surface area contributed by atoms with Crippen molar-refractivity contribution >= 4 is 0 Å². The lowest BCUT2D eigenvalue weighted by Gasteiger charge is -2.11. The molecule has 0 saturated heterocycles. The van der Waals surface area contributed by atoms with Gasteiger partial charge < -0.3 is 14.5 Å². The Morgan fingerprint density at radius 2 is 2.16 bits per heavy atom. The maximum atomic E-state index is 5.66. The normalized spacial score (nSPS) is 10.9. The molecule has 102 valence electrons. The van der Waals surface area contributed by atoms with E-state index in [-0.39, 0.29) is 6.10 Å². The van der Waals surface area contributed by atoms with E-state index >= 15 is 0 Å². The molecular formula is C15H20N2O2. The van der Waals surface area contributed by atoms with Crippen molar-refractivity contribution in [2.75, 3.05) is 0 Å². The summed E-state index contributed by atoms with van der Waals surface area (Å²) in [6.45, 7) is 7.33. The summed E-state index contributed by atoms with van der Waals surface area (Å²) >= 11 is 0. The van der Waals surface area contributed by atoms with Crippen LogP contribution in [0.1, 0.15) is 31.1 Å². The summed E-state index contributed by atoms with van der Waals surface area (Å²) in [5, 5.41) is 3.30. The average Bonchev–Trinajstić information content (AvgIpc) is 2.75. The second kappa shape index (κ2) is 6.38. The van der Waals surface area contributed by atoms with Gasteiger partial charge in [0.25, 0.3) is 0 Å². The minimum Gasteiger partial charge on any atom is -0.491 e. The highest BCUT2D eigenvalue weighted by Gasteiger charge is 2.02. The van der Waals surface area contributed by atoms with E-state index in [2.05, 4.69) is 16.4 Å². The fourth-order valence-corrected chi connectivity index (χ4v) is 1.80. The lowest BCUT2D eigenvalue weighted by molar-refractivity contribution is 0.242. The van der Waals surface area contributed by atoms with Crippen LogP contribution in [0.2, 0.25) is 0 Å². The maximum absolute atomic E-state index is 5.66. The molecule has 1 heterocycles. The highest BCUT2D eigenvalue weighted by Crippen LogP contribution is 2.14. The fraction of sp³-hybridized carbons (Fsp3) is 0.400. The van der Waals surface area contributed by atoms with Crippen LogP contribution in [-0.2, 0) is 13.1 Å². The Balaban J connectivity index is 1.85. The number of oxazole rings is 1. The fourth-order valence-electron chi connectivity index (χ4n) is 1.80. The van der Waals surface area contributed by atoms with E-state index in [1.807, 2.05) is 39.0 Å². The number of ether oxygens (including phenoxy) is 1. The summed E-state index contributed by atoms with van der Waals surface area (Å²) in [5.41, 5.74) is 1.18. The summed E-state index contributed by atoms with van der Waals surface area (Å²) in [7, 11) is 0. The number of rotatable bonds is 6. The smallest absolute Gasteiger partial charge is 0.208 e. The highest BCUT2D eigenvalue weighted by atomic mass is 16.5. The van der Waals surface area contributed by atoms with Crippen molar-refractivity contribution in [3.63, 3.8) is 0 Å². The lowest BCUT2D eigenvalue weighted by Crippen LogP contribution is -2.13. The first-order chi connectivity index (χ1) is 9.13. The SMILES string of the molecule is Cc1cnc(CNCc2cccc(OC(C)C)c2)o1. The molecule has 2 aromatic rings. The zero-order valence-corrected chi connectivity index (χ0v) is 11.6. The molecule has 0 atom stereocenters. The van der Waals surface area contributed by atoms with Crippen LogP contribution in [-0.4, -0.2) is 11.1 Å². The molecule has 0 radical (unpaired) electrons. The molecule has 4 nitrogen and oxygen atoms in total. The molecule has 19 heavy (non-hydrogen) atoms. The molecule has 1 aromatic heterocycles. The average molecular weight is 260 g/mol. The molecule has 0 aliphatic carbocycles.